The minimum atomic E-state index is -0.445. The molecule has 4 nitrogen and oxygen atoms in total. The van der Waals surface area contributed by atoms with Crippen LogP contribution in [0.2, 0.25) is 0 Å². The lowest BCUT2D eigenvalue weighted by molar-refractivity contribution is -0.139. The maximum Gasteiger partial charge on any atom is 0.244 e. The van der Waals surface area contributed by atoms with Crippen molar-refractivity contribution >= 4 is 5.91 Å². The number of carbonyl (C=O) groups is 1. The smallest absolute Gasteiger partial charge is 0.244 e. The van der Waals surface area contributed by atoms with E-state index in [4.69, 9.17) is 4.74 Å². The Labute approximate surface area is 131 Å². The summed E-state index contributed by atoms with van der Waals surface area (Å²) in [4.78, 5) is 16.5. The van der Waals surface area contributed by atoms with Crippen molar-refractivity contribution in [2.45, 2.75) is 31.9 Å². The first-order valence-electron chi connectivity index (χ1n) is 7.85. The summed E-state index contributed by atoms with van der Waals surface area (Å²) in [5.41, 5.74) is 0.696. The lowest BCUT2D eigenvalue weighted by Gasteiger charge is -2.35. The number of likely N-dealkylation sites (tertiary alicyclic amines) is 1. The monoisotopic (exact) mass is 308 g/mol. The number of amides is 1. The van der Waals surface area contributed by atoms with Crippen molar-refractivity contribution in [2.24, 2.45) is 0 Å². The molecule has 1 aliphatic heterocycles. The molecule has 0 saturated carbocycles. The highest BCUT2D eigenvalue weighted by atomic mass is 19.1. The predicted molar refractivity (Wildman–Crippen MR) is 84.1 cm³/mol. The molecule has 0 N–H and O–H groups in total. The molecular formula is C17H25FN2O2. The first-order chi connectivity index (χ1) is 10.5. The number of halogens is 1. The highest BCUT2D eigenvalue weighted by Crippen LogP contribution is 2.24. The summed E-state index contributed by atoms with van der Waals surface area (Å²) in [5.74, 6) is -0.280. The molecule has 1 saturated heterocycles. The Morgan fingerprint density at radius 1 is 1.41 bits per heavy atom. The number of rotatable bonds is 5. The van der Waals surface area contributed by atoms with Gasteiger partial charge in [0.1, 0.15) is 11.9 Å². The second-order valence-electron chi connectivity index (χ2n) is 5.90. The Morgan fingerprint density at radius 2 is 2.09 bits per heavy atom. The molecule has 0 bridgehead atoms. The van der Waals surface area contributed by atoms with Crippen LogP contribution in [0.3, 0.4) is 0 Å². The van der Waals surface area contributed by atoms with E-state index in [1.165, 1.54) is 12.1 Å². The summed E-state index contributed by atoms with van der Waals surface area (Å²) in [6.07, 6.45) is 1.98. The Hall–Kier alpha value is -1.46. The van der Waals surface area contributed by atoms with Gasteiger partial charge in [0.25, 0.3) is 0 Å². The topological polar surface area (TPSA) is 32.8 Å². The molecule has 1 amide bonds. The van der Waals surface area contributed by atoms with Crippen LogP contribution in [0.1, 0.15) is 31.4 Å². The van der Waals surface area contributed by atoms with Crippen LogP contribution in [-0.2, 0) is 9.53 Å². The molecule has 5 heteroatoms. The molecule has 1 fully saturated rings. The minimum absolute atomic E-state index is 0.0329. The van der Waals surface area contributed by atoms with Gasteiger partial charge in [0.05, 0.1) is 6.10 Å². The molecule has 22 heavy (non-hydrogen) atoms. The lowest BCUT2D eigenvalue weighted by atomic mass is 10.0. The summed E-state index contributed by atoms with van der Waals surface area (Å²) in [6, 6.07) is 5.84. The number of nitrogens with zero attached hydrogens (tertiary/aromatic N) is 2. The number of piperidine rings is 1. The summed E-state index contributed by atoms with van der Waals surface area (Å²) >= 11 is 0. The van der Waals surface area contributed by atoms with Crippen LogP contribution in [0, 0.1) is 5.82 Å². The molecule has 0 radical (unpaired) electrons. The first-order valence-corrected chi connectivity index (χ1v) is 7.85. The Bertz CT molecular complexity index is 499. The third-order valence-electron chi connectivity index (χ3n) is 4.07. The number of hydrogen-bond donors (Lipinski definition) is 0. The number of carbonyl (C=O) groups excluding carboxylic acids is 1. The van der Waals surface area contributed by atoms with E-state index < -0.39 is 6.04 Å². The van der Waals surface area contributed by atoms with Crippen LogP contribution in [0.4, 0.5) is 4.39 Å². The maximum absolute atomic E-state index is 13.5. The van der Waals surface area contributed by atoms with E-state index in [1.54, 1.807) is 12.1 Å². The molecule has 0 spiro atoms. The van der Waals surface area contributed by atoms with E-state index >= 15 is 0 Å². The van der Waals surface area contributed by atoms with Gasteiger partial charge in [0.15, 0.2) is 0 Å². The van der Waals surface area contributed by atoms with E-state index in [9.17, 15) is 9.18 Å². The zero-order valence-electron chi connectivity index (χ0n) is 13.6. The van der Waals surface area contributed by atoms with E-state index in [2.05, 4.69) is 0 Å². The van der Waals surface area contributed by atoms with Gasteiger partial charge in [0.2, 0.25) is 5.91 Å². The molecule has 0 aliphatic carbocycles. The Balaban J connectivity index is 2.08. The number of benzene rings is 1. The van der Waals surface area contributed by atoms with Gasteiger partial charge in [-0.2, -0.15) is 0 Å². The third-order valence-corrected chi connectivity index (χ3v) is 4.07. The standard InChI is InChI=1S/C17H25FN2O2/c1-4-22-15-8-10-20(11-9-15)17(21)16(19(2)3)13-6-5-7-14(18)12-13/h5-7,12,15-16H,4,8-11H2,1-3H3/t16-/m0/s1. The molecule has 2 rings (SSSR count). The van der Waals surface area contributed by atoms with Gasteiger partial charge in [-0.05, 0) is 51.6 Å². The molecule has 1 aromatic carbocycles. The van der Waals surface area contributed by atoms with Gasteiger partial charge >= 0.3 is 0 Å². The Morgan fingerprint density at radius 3 is 2.64 bits per heavy atom. The normalized spacial score (nSPS) is 17.8. The molecule has 1 atom stereocenters. The predicted octanol–water partition coefficient (Wildman–Crippen LogP) is 2.46. The van der Waals surface area contributed by atoms with E-state index in [0.717, 1.165) is 12.8 Å². The summed E-state index contributed by atoms with van der Waals surface area (Å²) in [6.45, 7) is 4.10. The van der Waals surface area contributed by atoms with Crippen LogP contribution < -0.4 is 0 Å². The van der Waals surface area contributed by atoms with Gasteiger partial charge in [0, 0.05) is 19.7 Å². The maximum atomic E-state index is 13.5. The van der Waals surface area contributed by atoms with Gasteiger partial charge in [-0.15, -0.1) is 0 Å². The highest BCUT2D eigenvalue weighted by molar-refractivity contribution is 5.83. The Kier molecular flexibility index (Phi) is 5.91. The third kappa shape index (κ3) is 4.05. The van der Waals surface area contributed by atoms with Crippen LogP contribution in [0.5, 0.6) is 0 Å². The zero-order chi connectivity index (χ0) is 16.1. The molecule has 1 aromatic rings. The number of ether oxygens (including phenoxy) is 1. The van der Waals surface area contributed by atoms with Gasteiger partial charge in [-0.3, -0.25) is 9.69 Å². The van der Waals surface area contributed by atoms with Gasteiger partial charge in [-0.25, -0.2) is 4.39 Å². The molecule has 122 valence electrons. The number of likely N-dealkylation sites (N-methyl/N-ethyl adjacent to an activating group) is 1. The molecule has 1 aliphatic rings. The average Bonchev–Trinajstić information content (AvgIpc) is 2.48. The zero-order valence-corrected chi connectivity index (χ0v) is 13.6. The second-order valence-corrected chi connectivity index (χ2v) is 5.90. The second kappa shape index (κ2) is 7.70. The first kappa shape index (κ1) is 16.9. The van der Waals surface area contributed by atoms with Gasteiger partial charge < -0.3 is 9.64 Å². The fourth-order valence-electron chi connectivity index (χ4n) is 2.99. The SMILES string of the molecule is CCOC1CCN(C(=O)[C@H](c2cccc(F)c2)N(C)C)CC1. The van der Waals surface area contributed by atoms with Crippen molar-refractivity contribution in [2.75, 3.05) is 33.8 Å². The van der Waals surface area contributed by atoms with Gasteiger partial charge in [-0.1, -0.05) is 12.1 Å². The van der Waals surface area contributed by atoms with E-state index in [1.807, 2.05) is 30.8 Å². The van der Waals surface area contributed by atoms with E-state index in [-0.39, 0.29) is 17.8 Å². The van der Waals surface area contributed by atoms with Crippen LogP contribution in [0.15, 0.2) is 24.3 Å². The molecule has 0 unspecified atom stereocenters. The van der Waals surface area contributed by atoms with E-state index in [0.29, 0.717) is 25.3 Å². The molecule has 1 heterocycles. The van der Waals surface area contributed by atoms with Crippen molar-refractivity contribution in [3.63, 3.8) is 0 Å². The number of hydrogen-bond acceptors (Lipinski definition) is 3. The molecule has 0 aromatic heterocycles. The average molecular weight is 308 g/mol. The quantitative estimate of drug-likeness (QED) is 0.837. The van der Waals surface area contributed by atoms with Crippen LogP contribution in [-0.4, -0.2) is 55.6 Å². The van der Waals surface area contributed by atoms with Crippen LogP contribution in [0.25, 0.3) is 0 Å². The largest absolute Gasteiger partial charge is 0.378 e. The van der Waals surface area contributed by atoms with Crippen molar-refractivity contribution in [3.8, 4) is 0 Å². The van der Waals surface area contributed by atoms with Crippen molar-refractivity contribution in [1.29, 1.82) is 0 Å². The molecular weight excluding hydrogens is 283 g/mol. The van der Waals surface area contributed by atoms with Crippen molar-refractivity contribution < 1.29 is 13.9 Å². The summed E-state index contributed by atoms with van der Waals surface area (Å²) in [7, 11) is 3.70. The van der Waals surface area contributed by atoms with Crippen molar-refractivity contribution in [3.05, 3.63) is 35.6 Å². The van der Waals surface area contributed by atoms with Crippen molar-refractivity contribution in [1.82, 2.24) is 9.80 Å². The fraction of sp³-hybridized carbons (Fsp3) is 0.588. The highest BCUT2D eigenvalue weighted by Gasteiger charge is 2.30. The summed E-state index contributed by atoms with van der Waals surface area (Å²) < 4.78 is 19.1. The van der Waals surface area contributed by atoms with Crippen LogP contribution >= 0.6 is 0 Å². The lowest BCUT2D eigenvalue weighted by Crippen LogP contribution is -2.45. The minimum Gasteiger partial charge on any atom is -0.378 e. The summed E-state index contributed by atoms with van der Waals surface area (Å²) in [5, 5.41) is 0. The fourth-order valence-corrected chi connectivity index (χ4v) is 2.99.